The molecule has 4 rings (SSSR count). The number of aromatic nitrogens is 2. The van der Waals surface area contributed by atoms with Crippen molar-refractivity contribution >= 4 is 11.9 Å². The summed E-state index contributed by atoms with van der Waals surface area (Å²) in [6.07, 6.45) is 4.08. The Morgan fingerprint density at radius 3 is 2.41 bits per heavy atom. The van der Waals surface area contributed by atoms with Crippen molar-refractivity contribution in [1.82, 2.24) is 19.8 Å². The summed E-state index contributed by atoms with van der Waals surface area (Å²) in [5.74, 6) is 1.91. The first-order chi connectivity index (χ1) is 14.2. The minimum absolute atomic E-state index is 0.242. The minimum Gasteiger partial charge on any atom is -0.339 e. The molecule has 2 aliphatic heterocycles. The van der Waals surface area contributed by atoms with Crippen molar-refractivity contribution < 1.29 is 4.79 Å². The standard InChI is InChI=1S/C22H30N6O/c23-15-19-16-26(17-20(19)18-5-2-1-3-6-18)10-7-21(29)27-11-13-28(14-12-27)22-24-8-4-9-25-22/h1-6,8-9,19-20H,7,10-17,23H2/t19-,20+/m1/s1. The molecule has 0 unspecified atom stereocenters. The van der Waals surface area contributed by atoms with Gasteiger partial charge in [0.25, 0.3) is 0 Å². The molecule has 0 radical (unpaired) electrons. The van der Waals surface area contributed by atoms with Crippen molar-refractivity contribution in [2.24, 2.45) is 11.7 Å². The summed E-state index contributed by atoms with van der Waals surface area (Å²) < 4.78 is 0. The molecule has 2 aromatic rings. The number of likely N-dealkylation sites (tertiary alicyclic amines) is 1. The Labute approximate surface area is 172 Å². The number of carbonyl (C=O) groups excluding carboxylic acids is 1. The fourth-order valence-electron chi connectivity index (χ4n) is 4.48. The fourth-order valence-corrected chi connectivity index (χ4v) is 4.48. The van der Waals surface area contributed by atoms with Gasteiger partial charge in [0.1, 0.15) is 0 Å². The van der Waals surface area contributed by atoms with Gasteiger partial charge in [-0.3, -0.25) is 4.79 Å². The first-order valence-electron chi connectivity index (χ1n) is 10.5. The smallest absolute Gasteiger partial charge is 0.225 e. The van der Waals surface area contributed by atoms with Crippen LogP contribution in [0.25, 0.3) is 0 Å². The van der Waals surface area contributed by atoms with E-state index < -0.39 is 0 Å². The van der Waals surface area contributed by atoms with E-state index in [4.69, 9.17) is 5.73 Å². The minimum atomic E-state index is 0.242. The Morgan fingerprint density at radius 2 is 1.72 bits per heavy atom. The number of nitrogens with two attached hydrogens (primary N) is 1. The van der Waals surface area contributed by atoms with Gasteiger partial charge in [-0.1, -0.05) is 30.3 Å². The molecule has 0 bridgehead atoms. The number of benzene rings is 1. The number of carbonyl (C=O) groups is 1. The third kappa shape index (κ3) is 4.74. The fraction of sp³-hybridized carbons (Fsp3) is 0.500. The molecular formula is C22H30N6O. The molecule has 7 heteroatoms. The summed E-state index contributed by atoms with van der Waals surface area (Å²) in [4.78, 5) is 27.9. The van der Waals surface area contributed by atoms with E-state index in [1.165, 1.54) is 5.56 Å². The molecular weight excluding hydrogens is 364 g/mol. The number of hydrogen-bond donors (Lipinski definition) is 1. The number of hydrogen-bond acceptors (Lipinski definition) is 6. The van der Waals surface area contributed by atoms with E-state index in [0.717, 1.165) is 51.8 Å². The Kier molecular flexibility index (Phi) is 6.36. The maximum atomic E-state index is 12.7. The van der Waals surface area contributed by atoms with Crippen molar-refractivity contribution in [1.29, 1.82) is 0 Å². The maximum absolute atomic E-state index is 12.7. The van der Waals surface area contributed by atoms with E-state index in [2.05, 4.69) is 50.1 Å². The molecule has 0 spiro atoms. The molecule has 2 atom stereocenters. The van der Waals surface area contributed by atoms with Gasteiger partial charge in [-0.15, -0.1) is 0 Å². The third-order valence-corrected chi connectivity index (χ3v) is 6.16. The maximum Gasteiger partial charge on any atom is 0.225 e. The molecule has 29 heavy (non-hydrogen) atoms. The van der Waals surface area contributed by atoms with E-state index in [-0.39, 0.29) is 5.91 Å². The van der Waals surface area contributed by atoms with Crippen LogP contribution in [0.1, 0.15) is 17.9 Å². The molecule has 154 valence electrons. The zero-order chi connectivity index (χ0) is 20.1. The second-order valence-electron chi connectivity index (χ2n) is 7.94. The monoisotopic (exact) mass is 394 g/mol. The normalized spacial score (nSPS) is 22.8. The highest BCUT2D eigenvalue weighted by atomic mass is 16.2. The summed E-state index contributed by atoms with van der Waals surface area (Å²) >= 11 is 0. The van der Waals surface area contributed by atoms with Gasteiger partial charge in [-0.05, 0) is 24.1 Å². The van der Waals surface area contributed by atoms with Crippen LogP contribution in [0.4, 0.5) is 5.95 Å². The van der Waals surface area contributed by atoms with Gasteiger partial charge in [0.2, 0.25) is 11.9 Å². The van der Waals surface area contributed by atoms with Crippen molar-refractivity contribution in [3.8, 4) is 0 Å². The Bertz CT molecular complexity index is 778. The van der Waals surface area contributed by atoms with Crippen molar-refractivity contribution in [2.45, 2.75) is 12.3 Å². The van der Waals surface area contributed by atoms with Gasteiger partial charge in [-0.25, -0.2) is 9.97 Å². The first-order valence-corrected chi connectivity index (χ1v) is 10.5. The van der Waals surface area contributed by atoms with Crippen LogP contribution in [0, 0.1) is 5.92 Å². The number of amides is 1. The van der Waals surface area contributed by atoms with Gasteiger partial charge < -0.3 is 20.4 Å². The topological polar surface area (TPSA) is 78.6 Å². The predicted molar refractivity (Wildman–Crippen MR) is 114 cm³/mol. The molecule has 2 fully saturated rings. The largest absolute Gasteiger partial charge is 0.339 e. The van der Waals surface area contributed by atoms with Crippen LogP contribution in [-0.4, -0.2) is 78.0 Å². The third-order valence-electron chi connectivity index (χ3n) is 6.16. The SMILES string of the molecule is NC[C@@H]1CN(CCC(=O)N2CCN(c3ncccn3)CC2)C[C@H]1c1ccccc1. The summed E-state index contributed by atoms with van der Waals surface area (Å²) in [7, 11) is 0. The van der Waals surface area contributed by atoms with E-state index in [9.17, 15) is 4.79 Å². The second-order valence-corrected chi connectivity index (χ2v) is 7.94. The van der Waals surface area contributed by atoms with Crippen LogP contribution >= 0.6 is 0 Å². The number of rotatable bonds is 6. The molecule has 3 heterocycles. The molecule has 1 amide bonds. The molecule has 2 aliphatic rings. The van der Waals surface area contributed by atoms with Crippen LogP contribution in [0.5, 0.6) is 0 Å². The Balaban J connectivity index is 1.25. The molecule has 0 aliphatic carbocycles. The van der Waals surface area contributed by atoms with E-state index in [1.54, 1.807) is 12.4 Å². The summed E-state index contributed by atoms with van der Waals surface area (Å²) in [6.45, 7) is 6.48. The van der Waals surface area contributed by atoms with Crippen molar-refractivity contribution in [3.63, 3.8) is 0 Å². The van der Waals surface area contributed by atoms with Crippen LogP contribution < -0.4 is 10.6 Å². The number of piperazine rings is 1. The van der Waals surface area contributed by atoms with Gasteiger partial charge in [0.05, 0.1) is 0 Å². The summed E-state index contributed by atoms with van der Waals surface area (Å²) in [5, 5.41) is 0. The zero-order valence-electron chi connectivity index (χ0n) is 16.9. The predicted octanol–water partition coefficient (Wildman–Crippen LogP) is 1.19. The van der Waals surface area contributed by atoms with Gasteiger partial charge >= 0.3 is 0 Å². The number of nitrogens with zero attached hydrogens (tertiary/aromatic N) is 5. The lowest BCUT2D eigenvalue weighted by molar-refractivity contribution is -0.131. The quantitative estimate of drug-likeness (QED) is 0.793. The molecule has 2 saturated heterocycles. The van der Waals surface area contributed by atoms with Crippen LogP contribution in [-0.2, 0) is 4.79 Å². The average Bonchev–Trinajstić information content (AvgIpc) is 3.22. The Morgan fingerprint density at radius 1 is 1.00 bits per heavy atom. The van der Waals surface area contributed by atoms with Crippen LogP contribution in [0.2, 0.25) is 0 Å². The van der Waals surface area contributed by atoms with E-state index >= 15 is 0 Å². The molecule has 0 saturated carbocycles. The van der Waals surface area contributed by atoms with Crippen LogP contribution in [0.3, 0.4) is 0 Å². The molecule has 1 aromatic heterocycles. The van der Waals surface area contributed by atoms with Gasteiger partial charge in [-0.2, -0.15) is 0 Å². The molecule has 7 nitrogen and oxygen atoms in total. The van der Waals surface area contributed by atoms with E-state index in [0.29, 0.717) is 24.8 Å². The van der Waals surface area contributed by atoms with E-state index in [1.807, 2.05) is 11.0 Å². The summed E-state index contributed by atoms with van der Waals surface area (Å²) in [5.41, 5.74) is 7.40. The van der Waals surface area contributed by atoms with Crippen LogP contribution in [0.15, 0.2) is 48.8 Å². The lowest BCUT2D eigenvalue weighted by Crippen LogP contribution is -2.49. The van der Waals surface area contributed by atoms with Gasteiger partial charge in [0.15, 0.2) is 0 Å². The van der Waals surface area contributed by atoms with Crippen molar-refractivity contribution in [2.75, 3.05) is 57.3 Å². The highest BCUT2D eigenvalue weighted by Gasteiger charge is 2.33. The lowest BCUT2D eigenvalue weighted by atomic mass is 9.89. The second kappa shape index (κ2) is 9.33. The first kappa shape index (κ1) is 19.8. The van der Waals surface area contributed by atoms with Crippen molar-refractivity contribution in [3.05, 3.63) is 54.4 Å². The Hall–Kier alpha value is -2.51. The summed E-state index contributed by atoms with van der Waals surface area (Å²) in [6, 6.07) is 12.4. The highest BCUT2D eigenvalue weighted by Crippen LogP contribution is 2.32. The average molecular weight is 395 g/mol. The highest BCUT2D eigenvalue weighted by molar-refractivity contribution is 5.76. The van der Waals surface area contributed by atoms with Gasteiger partial charge in [0, 0.05) is 70.5 Å². The molecule has 1 aromatic carbocycles. The number of anilines is 1. The lowest BCUT2D eigenvalue weighted by Gasteiger charge is -2.35. The molecule has 2 N–H and O–H groups in total. The zero-order valence-corrected chi connectivity index (χ0v) is 16.9.